The van der Waals surface area contributed by atoms with Gasteiger partial charge in [0.2, 0.25) is 5.95 Å². The molecule has 3 aromatic rings. The first kappa shape index (κ1) is 16.7. The summed E-state index contributed by atoms with van der Waals surface area (Å²) in [5, 5.41) is 16.3. The summed E-state index contributed by atoms with van der Waals surface area (Å²) >= 11 is 0. The van der Waals surface area contributed by atoms with E-state index in [0.717, 1.165) is 31.4 Å². The van der Waals surface area contributed by atoms with Gasteiger partial charge in [-0.3, -0.25) is 0 Å². The van der Waals surface area contributed by atoms with E-state index in [2.05, 4.69) is 49.6 Å². The lowest BCUT2D eigenvalue weighted by Gasteiger charge is -2.26. The zero-order valence-corrected chi connectivity index (χ0v) is 14.7. The van der Waals surface area contributed by atoms with Gasteiger partial charge in [-0.15, -0.1) is 0 Å². The molecule has 3 N–H and O–H groups in total. The summed E-state index contributed by atoms with van der Waals surface area (Å²) < 4.78 is 0. The van der Waals surface area contributed by atoms with Gasteiger partial charge in [-0.2, -0.15) is 0 Å². The zero-order chi connectivity index (χ0) is 17.9. The zero-order valence-electron chi connectivity index (χ0n) is 14.7. The van der Waals surface area contributed by atoms with Gasteiger partial charge >= 0.3 is 0 Å². The highest BCUT2D eigenvalue weighted by molar-refractivity contribution is 5.87. The van der Waals surface area contributed by atoms with Gasteiger partial charge < -0.3 is 15.7 Å². The molecular weight excluding hydrogens is 328 g/mol. The number of nitrogens with zero attached hydrogens (tertiary/aromatic N) is 4. The molecule has 2 aromatic heterocycles. The maximum Gasteiger partial charge on any atom is 0.223 e. The van der Waals surface area contributed by atoms with Crippen LogP contribution in [0.15, 0.2) is 36.8 Å². The molecule has 0 bridgehead atoms. The molecule has 0 unspecified atom stereocenters. The SMILES string of the molecule is Cc1cccc(Nc2ncnc3cnc(N[C@H]4CC[C@H](O)CC4)nc23)c1. The van der Waals surface area contributed by atoms with Gasteiger partial charge in [-0.05, 0) is 50.3 Å². The molecule has 1 saturated carbocycles. The molecule has 7 heteroatoms. The molecule has 0 spiro atoms. The van der Waals surface area contributed by atoms with Gasteiger partial charge in [0.05, 0.1) is 12.3 Å². The molecule has 4 rings (SSSR count). The fraction of sp³-hybridized carbons (Fsp3) is 0.368. The van der Waals surface area contributed by atoms with Crippen molar-refractivity contribution in [3.63, 3.8) is 0 Å². The third-order valence-corrected chi connectivity index (χ3v) is 4.69. The van der Waals surface area contributed by atoms with Crippen molar-refractivity contribution in [3.8, 4) is 0 Å². The third kappa shape index (κ3) is 3.72. The quantitative estimate of drug-likeness (QED) is 0.665. The second kappa shape index (κ2) is 7.21. The van der Waals surface area contributed by atoms with Crippen LogP contribution in [-0.2, 0) is 0 Å². The highest BCUT2D eigenvalue weighted by atomic mass is 16.3. The van der Waals surface area contributed by atoms with E-state index in [-0.39, 0.29) is 12.1 Å². The van der Waals surface area contributed by atoms with Crippen LogP contribution in [0.3, 0.4) is 0 Å². The van der Waals surface area contributed by atoms with E-state index < -0.39 is 0 Å². The topological polar surface area (TPSA) is 95.9 Å². The maximum atomic E-state index is 9.65. The lowest BCUT2D eigenvalue weighted by molar-refractivity contribution is 0.126. The highest BCUT2D eigenvalue weighted by Crippen LogP contribution is 2.24. The van der Waals surface area contributed by atoms with E-state index in [0.29, 0.717) is 22.8 Å². The second-order valence-electron chi connectivity index (χ2n) is 6.79. The average molecular weight is 350 g/mol. The first-order valence-electron chi connectivity index (χ1n) is 8.93. The molecule has 134 valence electrons. The van der Waals surface area contributed by atoms with Gasteiger partial charge in [0, 0.05) is 11.7 Å². The van der Waals surface area contributed by atoms with Crippen LogP contribution in [-0.4, -0.2) is 37.2 Å². The van der Waals surface area contributed by atoms with Gasteiger partial charge in [-0.1, -0.05) is 12.1 Å². The minimum atomic E-state index is -0.177. The Morgan fingerprint density at radius 3 is 2.73 bits per heavy atom. The average Bonchev–Trinajstić information content (AvgIpc) is 2.64. The molecule has 2 heterocycles. The van der Waals surface area contributed by atoms with Crippen LogP contribution in [0.1, 0.15) is 31.2 Å². The van der Waals surface area contributed by atoms with Crippen molar-refractivity contribution < 1.29 is 5.11 Å². The monoisotopic (exact) mass is 350 g/mol. The van der Waals surface area contributed by atoms with E-state index in [4.69, 9.17) is 0 Å². The lowest BCUT2D eigenvalue weighted by Crippen LogP contribution is -2.28. The van der Waals surface area contributed by atoms with E-state index in [1.165, 1.54) is 11.9 Å². The maximum absolute atomic E-state index is 9.65. The number of benzene rings is 1. The largest absolute Gasteiger partial charge is 0.393 e. The number of aryl methyl sites for hydroxylation is 1. The van der Waals surface area contributed by atoms with Crippen LogP contribution in [0.4, 0.5) is 17.5 Å². The number of aromatic nitrogens is 4. The molecule has 0 amide bonds. The van der Waals surface area contributed by atoms with E-state index in [9.17, 15) is 5.11 Å². The van der Waals surface area contributed by atoms with E-state index >= 15 is 0 Å². The molecule has 0 atom stereocenters. The van der Waals surface area contributed by atoms with Crippen molar-refractivity contribution >= 4 is 28.5 Å². The van der Waals surface area contributed by atoms with Gasteiger partial charge in [-0.25, -0.2) is 19.9 Å². The Kier molecular flexibility index (Phi) is 4.62. The molecular formula is C19H22N6O. The predicted octanol–water partition coefficient (Wildman–Crippen LogP) is 3.19. The summed E-state index contributed by atoms with van der Waals surface area (Å²) in [5.41, 5.74) is 3.51. The Morgan fingerprint density at radius 2 is 1.92 bits per heavy atom. The smallest absolute Gasteiger partial charge is 0.223 e. The van der Waals surface area contributed by atoms with Crippen LogP contribution >= 0.6 is 0 Å². The first-order valence-corrected chi connectivity index (χ1v) is 8.93. The number of nitrogens with one attached hydrogen (secondary N) is 2. The van der Waals surface area contributed by atoms with Crippen molar-refractivity contribution in [2.24, 2.45) is 0 Å². The Labute approximate surface area is 151 Å². The summed E-state index contributed by atoms with van der Waals surface area (Å²) in [6, 6.07) is 8.39. The van der Waals surface area contributed by atoms with Crippen molar-refractivity contribution in [2.75, 3.05) is 10.6 Å². The first-order chi connectivity index (χ1) is 12.7. The number of hydrogen-bond acceptors (Lipinski definition) is 7. The highest BCUT2D eigenvalue weighted by Gasteiger charge is 2.20. The molecule has 7 nitrogen and oxygen atoms in total. The molecule has 1 aliphatic carbocycles. The number of hydrogen-bond donors (Lipinski definition) is 3. The molecule has 1 aromatic carbocycles. The second-order valence-corrected chi connectivity index (χ2v) is 6.79. The van der Waals surface area contributed by atoms with Crippen molar-refractivity contribution in [1.29, 1.82) is 0 Å². The van der Waals surface area contributed by atoms with Crippen molar-refractivity contribution in [2.45, 2.75) is 44.8 Å². The normalized spacial score (nSPS) is 20.1. The fourth-order valence-corrected chi connectivity index (χ4v) is 3.28. The lowest BCUT2D eigenvalue weighted by atomic mass is 9.93. The Hall–Kier alpha value is -2.80. The van der Waals surface area contributed by atoms with Crippen LogP contribution < -0.4 is 10.6 Å². The Morgan fingerprint density at radius 1 is 1.08 bits per heavy atom. The Balaban J connectivity index is 1.60. The molecule has 1 aliphatic rings. The summed E-state index contributed by atoms with van der Waals surface area (Å²) in [6.45, 7) is 2.05. The minimum Gasteiger partial charge on any atom is -0.393 e. The fourth-order valence-electron chi connectivity index (χ4n) is 3.28. The summed E-state index contributed by atoms with van der Waals surface area (Å²) in [7, 11) is 0. The van der Waals surface area contributed by atoms with Crippen LogP contribution in [0.2, 0.25) is 0 Å². The molecule has 0 saturated heterocycles. The van der Waals surface area contributed by atoms with Gasteiger partial charge in [0.1, 0.15) is 17.4 Å². The number of rotatable bonds is 4. The molecule has 0 aliphatic heterocycles. The van der Waals surface area contributed by atoms with Gasteiger partial charge in [0.15, 0.2) is 5.82 Å². The Bertz CT molecular complexity index is 907. The number of fused-ring (bicyclic) bond motifs is 1. The summed E-state index contributed by atoms with van der Waals surface area (Å²) in [4.78, 5) is 17.6. The standard InChI is InChI=1S/C19H22N6O/c1-12-3-2-4-14(9-12)23-18-17-16(21-11-22-18)10-20-19(25-17)24-13-5-7-15(26)8-6-13/h2-4,9-11,13,15,26H,5-8H2,1H3,(H,20,24,25)(H,21,22,23)/t13-,15-. The number of aliphatic hydroxyl groups is 1. The van der Waals surface area contributed by atoms with E-state index in [1.54, 1.807) is 6.20 Å². The summed E-state index contributed by atoms with van der Waals surface area (Å²) in [6.07, 6.45) is 6.52. The summed E-state index contributed by atoms with van der Waals surface area (Å²) in [5.74, 6) is 1.23. The van der Waals surface area contributed by atoms with E-state index in [1.807, 2.05) is 12.1 Å². The van der Waals surface area contributed by atoms with Gasteiger partial charge in [0.25, 0.3) is 0 Å². The minimum absolute atomic E-state index is 0.177. The molecule has 1 fully saturated rings. The number of anilines is 3. The number of aliphatic hydroxyl groups excluding tert-OH is 1. The van der Waals surface area contributed by atoms with Crippen molar-refractivity contribution in [1.82, 2.24) is 19.9 Å². The third-order valence-electron chi connectivity index (χ3n) is 4.69. The van der Waals surface area contributed by atoms with Crippen LogP contribution in [0.25, 0.3) is 11.0 Å². The molecule has 26 heavy (non-hydrogen) atoms. The predicted molar refractivity (Wildman–Crippen MR) is 101 cm³/mol. The molecule has 0 radical (unpaired) electrons. The van der Waals surface area contributed by atoms with Crippen molar-refractivity contribution in [3.05, 3.63) is 42.4 Å². The van der Waals surface area contributed by atoms with Crippen LogP contribution in [0, 0.1) is 6.92 Å². The van der Waals surface area contributed by atoms with Crippen LogP contribution in [0.5, 0.6) is 0 Å².